The van der Waals surface area contributed by atoms with Crippen LogP contribution in [0.2, 0.25) is 4.34 Å². The Morgan fingerprint density at radius 1 is 1.13 bits per heavy atom. The van der Waals surface area contributed by atoms with E-state index in [1.54, 1.807) is 6.07 Å². The van der Waals surface area contributed by atoms with Gasteiger partial charge in [0.1, 0.15) is 4.21 Å². The van der Waals surface area contributed by atoms with Gasteiger partial charge in [-0.25, -0.2) is 13.1 Å². The molecule has 0 radical (unpaired) electrons. The van der Waals surface area contributed by atoms with E-state index >= 15 is 0 Å². The van der Waals surface area contributed by atoms with Gasteiger partial charge >= 0.3 is 0 Å². The zero-order chi connectivity index (χ0) is 16.7. The standard InChI is InChI=1S/C16H21ClN2O2S2/c1-13(7-8-14-5-3-2-4-6-14)18-11-12-19-23(20,21)16-10-9-15(17)22-16/h2-6,9-10,13,18-19H,7-8,11-12H2,1H3. The molecule has 2 aromatic rings. The number of hydrogen-bond acceptors (Lipinski definition) is 4. The molecule has 1 atom stereocenters. The first-order valence-corrected chi connectivity index (χ1v) is 10.2. The molecule has 1 unspecified atom stereocenters. The average Bonchev–Trinajstić information content (AvgIpc) is 2.98. The Bertz CT molecular complexity index is 702. The van der Waals surface area contributed by atoms with Gasteiger partial charge in [0, 0.05) is 19.1 Å². The summed E-state index contributed by atoms with van der Waals surface area (Å²) in [6.07, 6.45) is 2.02. The average molecular weight is 373 g/mol. The van der Waals surface area contributed by atoms with E-state index in [4.69, 9.17) is 11.6 Å². The predicted molar refractivity (Wildman–Crippen MR) is 96.7 cm³/mol. The topological polar surface area (TPSA) is 58.2 Å². The first kappa shape index (κ1) is 18.4. The molecule has 7 heteroatoms. The number of thiophene rings is 1. The van der Waals surface area contributed by atoms with Crippen LogP contribution in [0.5, 0.6) is 0 Å². The van der Waals surface area contributed by atoms with E-state index in [1.165, 1.54) is 11.6 Å². The van der Waals surface area contributed by atoms with Crippen LogP contribution in [0.25, 0.3) is 0 Å². The van der Waals surface area contributed by atoms with E-state index in [0.717, 1.165) is 24.2 Å². The van der Waals surface area contributed by atoms with Crippen LogP contribution in [0.1, 0.15) is 18.9 Å². The summed E-state index contributed by atoms with van der Waals surface area (Å²) in [5.41, 5.74) is 1.32. The van der Waals surface area contributed by atoms with Crippen molar-refractivity contribution in [3.63, 3.8) is 0 Å². The van der Waals surface area contributed by atoms with Crippen molar-refractivity contribution in [2.75, 3.05) is 13.1 Å². The van der Waals surface area contributed by atoms with Crippen LogP contribution in [0.4, 0.5) is 0 Å². The van der Waals surface area contributed by atoms with Crippen LogP contribution in [0, 0.1) is 0 Å². The summed E-state index contributed by atoms with van der Waals surface area (Å²) in [6.45, 7) is 3.05. The maximum absolute atomic E-state index is 12.0. The van der Waals surface area contributed by atoms with Crippen molar-refractivity contribution in [2.45, 2.75) is 30.0 Å². The van der Waals surface area contributed by atoms with Gasteiger partial charge in [0.2, 0.25) is 10.0 Å². The van der Waals surface area contributed by atoms with Gasteiger partial charge < -0.3 is 5.32 Å². The van der Waals surface area contributed by atoms with Crippen LogP contribution < -0.4 is 10.0 Å². The number of benzene rings is 1. The number of halogens is 1. The van der Waals surface area contributed by atoms with E-state index in [2.05, 4.69) is 29.1 Å². The summed E-state index contributed by atoms with van der Waals surface area (Å²) < 4.78 is 27.3. The summed E-state index contributed by atoms with van der Waals surface area (Å²) in [5.74, 6) is 0. The third kappa shape index (κ3) is 6.24. The highest BCUT2D eigenvalue weighted by molar-refractivity contribution is 7.91. The molecule has 0 spiro atoms. The van der Waals surface area contributed by atoms with E-state index < -0.39 is 10.0 Å². The fraction of sp³-hybridized carbons (Fsp3) is 0.375. The van der Waals surface area contributed by atoms with Crippen molar-refractivity contribution < 1.29 is 8.42 Å². The number of aryl methyl sites for hydroxylation is 1. The Morgan fingerprint density at radius 3 is 2.52 bits per heavy atom. The molecule has 0 bridgehead atoms. The van der Waals surface area contributed by atoms with Gasteiger partial charge in [0.15, 0.2) is 0 Å². The van der Waals surface area contributed by atoms with Gasteiger partial charge in [-0.1, -0.05) is 41.9 Å². The number of hydrogen-bond donors (Lipinski definition) is 2. The van der Waals surface area contributed by atoms with Crippen LogP contribution in [-0.2, 0) is 16.4 Å². The molecular weight excluding hydrogens is 352 g/mol. The molecule has 0 saturated carbocycles. The molecule has 4 nitrogen and oxygen atoms in total. The monoisotopic (exact) mass is 372 g/mol. The highest BCUT2D eigenvalue weighted by Crippen LogP contribution is 2.25. The fourth-order valence-corrected chi connectivity index (χ4v) is 4.71. The number of sulfonamides is 1. The third-order valence-electron chi connectivity index (χ3n) is 3.43. The van der Waals surface area contributed by atoms with Crippen LogP contribution in [0.15, 0.2) is 46.7 Å². The maximum atomic E-state index is 12.0. The van der Waals surface area contributed by atoms with Gasteiger partial charge in [0.25, 0.3) is 0 Å². The smallest absolute Gasteiger partial charge is 0.250 e. The molecule has 2 rings (SSSR count). The van der Waals surface area contributed by atoms with Crippen LogP contribution in [-0.4, -0.2) is 27.5 Å². The molecule has 0 aliphatic heterocycles. The van der Waals surface area contributed by atoms with Gasteiger partial charge in [0.05, 0.1) is 4.34 Å². The largest absolute Gasteiger partial charge is 0.313 e. The van der Waals surface area contributed by atoms with Crippen molar-refractivity contribution in [2.24, 2.45) is 0 Å². The molecular formula is C16H21ClN2O2S2. The zero-order valence-electron chi connectivity index (χ0n) is 13.0. The summed E-state index contributed by atoms with van der Waals surface area (Å²) >= 11 is 6.83. The Kier molecular flexibility index (Phi) is 7.05. The highest BCUT2D eigenvalue weighted by Gasteiger charge is 2.15. The molecule has 0 fully saturated rings. The third-order valence-corrected chi connectivity index (χ3v) is 6.62. The lowest BCUT2D eigenvalue weighted by Gasteiger charge is -2.14. The van der Waals surface area contributed by atoms with Crippen molar-refractivity contribution in [1.29, 1.82) is 0 Å². The van der Waals surface area contributed by atoms with Gasteiger partial charge in [-0.05, 0) is 37.5 Å². The van der Waals surface area contributed by atoms with Crippen molar-refractivity contribution in [3.8, 4) is 0 Å². The normalized spacial score (nSPS) is 13.1. The lowest BCUT2D eigenvalue weighted by molar-refractivity contribution is 0.512. The maximum Gasteiger partial charge on any atom is 0.250 e. The second kappa shape index (κ2) is 8.80. The molecule has 0 saturated heterocycles. The minimum Gasteiger partial charge on any atom is -0.313 e. The summed E-state index contributed by atoms with van der Waals surface area (Å²) in [7, 11) is -3.45. The lowest BCUT2D eigenvalue weighted by Crippen LogP contribution is -2.35. The van der Waals surface area contributed by atoms with E-state index in [-0.39, 0.29) is 4.21 Å². The Labute approximate surface area is 146 Å². The minimum absolute atomic E-state index is 0.250. The fourth-order valence-electron chi connectivity index (χ4n) is 2.15. The van der Waals surface area contributed by atoms with Gasteiger partial charge in [-0.2, -0.15) is 0 Å². The molecule has 126 valence electrons. The summed E-state index contributed by atoms with van der Waals surface area (Å²) in [5, 5.41) is 3.33. The Hall–Kier alpha value is -0.920. The first-order chi connectivity index (χ1) is 11.0. The van der Waals surface area contributed by atoms with Gasteiger partial charge in [-0.15, -0.1) is 11.3 Å². The van der Waals surface area contributed by atoms with Crippen molar-refractivity contribution in [3.05, 3.63) is 52.4 Å². The molecule has 0 aliphatic carbocycles. The Morgan fingerprint density at radius 2 is 1.87 bits per heavy atom. The molecule has 1 heterocycles. The number of nitrogens with one attached hydrogen (secondary N) is 2. The van der Waals surface area contributed by atoms with E-state index in [0.29, 0.717) is 23.5 Å². The second-order valence-electron chi connectivity index (χ2n) is 5.34. The summed E-state index contributed by atoms with van der Waals surface area (Å²) in [6, 6.07) is 13.8. The molecule has 1 aromatic heterocycles. The second-order valence-corrected chi connectivity index (χ2v) is 9.04. The zero-order valence-corrected chi connectivity index (χ0v) is 15.3. The molecule has 0 amide bonds. The Balaban J connectivity index is 1.66. The molecule has 2 N–H and O–H groups in total. The molecule has 23 heavy (non-hydrogen) atoms. The highest BCUT2D eigenvalue weighted by atomic mass is 35.5. The van der Waals surface area contributed by atoms with E-state index in [1.807, 2.05) is 18.2 Å². The first-order valence-electron chi connectivity index (χ1n) is 7.50. The SMILES string of the molecule is CC(CCc1ccccc1)NCCNS(=O)(=O)c1ccc(Cl)s1. The quantitative estimate of drug-likeness (QED) is 0.664. The minimum atomic E-state index is -3.45. The van der Waals surface area contributed by atoms with Crippen LogP contribution in [0.3, 0.4) is 0 Å². The summed E-state index contributed by atoms with van der Waals surface area (Å²) in [4.78, 5) is 0. The van der Waals surface area contributed by atoms with Gasteiger partial charge in [-0.3, -0.25) is 0 Å². The van der Waals surface area contributed by atoms with Crippen molar-refractivity contribution >= 4 is 33.0 Å². The predicted octanol–water partition coefficient (Wildman–Crippen LogP) is 3.29. The lowest BCUT2D eigenvalue weighted by atomic mass is 10.1. The van der Waals surface area contributed by atoms with Crippen LogP contribution >= 0.6 is 22.9 Å². The molecule has 0 aliphatic rings. The number of rotatable bonds is 9. The van der Waals surface area contributed by atoms with Crippen molar-refractivity contribution in [1.82, 2.24) is 10.0 Å². The molecule has 1 aromatic carbocycles. The van der Waals surface area contributed by atoms with E-state index in [9.17, 15) is 8.42 Å².